The van der Waals surface area contributed by atoms with Crippen molar-refractivity contribution in [3.8, 4) is 5.75 Å². The second-order valence-electron chi connectivity index (χ2n) is 7.06. The van der Waals surface area contributed by atoms with Crippen LogP contribution in [0.1, 0.15) is 34.6 Å². The molecule has 4 rings (SSSR count). The number of halogens is 1. The zero-order valence-electron chi connectivity index (χ0n) is 16.7. The Hall–Kier alpha value is -3.74. The highest BCUT2D eigenvalue weighted by Crippen LogP contribution is 2.24. The second-order valence-corrected chi connectivity index (χ2v) is 7.06. The molecule has 0 saturated heterocycles. The quantitative estimate of drug-likeness (QED) is 0.525. The van der Waals surface area contributed by atoms with E-state index in [1.165, 1.54) is 16.9 Å². The van der Waals surface area contributed by atoms with Gasteiger partial charge in [0, 0.05) is 5.56 Å². The van der Waals surface area contributed by atoms with Gasteiger partial charge < -0.3 is 10.1 Å². The maximum absolute atomic E-state index is 13.8. The number of carbonyl (C=O) groups excluding carboxylic acids is 1. The molecule has 0 saturated carbocycles. The molecule has 1 aromatic heterocycles. The summed E-state index contributed by atoms with van der Waals surface area (Å²) in [5.41, 5.74) is 1.64. The molecule has 1 amide bonds. The fraction of sp³-hybridized carbons (Fsp3) is 0.174. The lowest BCUT2D eigenvalue weighted by atomic mass is 10.0. The molecule has 30 heavy (non-hydrogen) atoms. The van der Waals surface area contributed by atoms with E-state index in [9.17, 15) is 9.18 Å². The minimum atomic E-state index is -0.336. The first-order valence-corrected chi connectivity index (χ1v) is 9.55. The summed E-state index contributed by atoms with van der Waals surface area (Å²) in [4.78, 5) is 12.6. The average molecular weight is 404 g/mol. The molecule has 0 aliphatic heterocycles. The maximum Gasteiger partial charge on any atom is 0.273 e. The number of hydrogen-bond acceptors (Lipinski definition) is 4. The molecule has 1 atom stereocenters. The third-order valence-electron chi connectivity index (χ3n) is 4.98. The van der Waals surface area contributed by atoms with E-state index in [2.05, 4.69) is 15.6 Å². The Morgan fingerprint density at radius 3 is 2.70 bits per heavy atom. The summed E-state index contributed by atoms with van der Waals surface area (Å²) in [5, 5.41) is 12.9. The highest BCUT2D eigenvalue weighted by atomic mass is 19.1. The fourth-order valence-electron chi connectivity index (χ4n) is 3.27. The first kappa shape index (κ1) is 19.6. The van der Waals surface area contributed by atoms with E-state index in [1.807, 2.05) is 43.3 Å². The van der Waals surface area contributed by atoms with Crippen LogP contribution in [0, 0.1) is 5.82 Å². The van der Waals surface area contributed by atoms with Gasteiger partial charge in [0.15, 0.2) is 5.69 Å². The third kappa shape index (κ3) is 4.15. The minimum Gasteiger partial charge on any atom is -0.497 e. The van der Waals surface area contributed by atoms with Crippen LogP contribution in [0.15, 0.2) is 66.9 Å². The molecule has 3 aromatic carbocycles. The monoisotopic (exact) mass is 404 g/mol. The highest BCUT2D eigenvalue weighted by Gasteiger charge is 2.16. The first-order chi connectivity index (χ1) is 14.5. The molecule has 0 bridgehead atoms. The predicted molar refractivity (Wildman–Crippen MR) is 112 cm³/mol. The molecule has 4 aromatic rings. The summed E-state index contributed by atoms with van der Waals surface area (Å²) < 4.78 is 20.5. The van der Waals surface area contributed by atoms with E-state index in [0.717, 1.165) is 22.1 Å². The van der Waals surface area contributed by atoms with Crippen molar-refractivity contribution in [1.82, 2.24) is 20.3 Å². The molecular formula is C23H21FN4O2. The lowest BCUT2D eigenvalue weighted by Crippen LogP contribution is -2.27. The number of ether oxygens (including phenoxy) is 1. The van der Waals surface area contributed by atoms with E-state index in [0.29, 0.717) is 5.56 Å². The Balaban J connectivity index is 1.45. The van der Waals surface area contributed by atoms with Crippen molar-refractivity contribution in [1.29, 1.82) is 0 Å². The van der Waals surface area contributed by atoms with Gasteiger partial charge in [-0.05, 0) is 47.5 Å². The van der Waals surface area contributed by atoms with Crippen molar-refractivity contribution in [2.24, 2.45) is 0 Å². The summed E-state index contributed by atoms with van der Waals surface area (Å²) >= 11 is 0. The summed E-state index contributed by atoms with van der Waals surface area (Å²) in [5.74, 6) is 0.147. The van der Waals surface area contributed by atoms with Crippen molar-refractivity contribution in [3.63, 3.8) is 0 Å². The molecule has 7 heteroatoms. The van der Waals surface area contributed by atoms with Gasteiger partial charge >= 0.3 is 0 Å². The lowest BCUT2D eigenvalue weighted by molar-refractivity contribution is 0.0934. The topological polar surface area (TPSA) is 69.0 Å². The van der Waals surface area contributed by atoms with Gasteiger partial charge in [-0.3, -0.25) is 4.79 Å². The van der Waals surface area contributed by atoms with Crippen LogP contribution in [-0.2, 0) is 6.54 Å². The lowest BCUT2D eigenvalue weighted by Gasteiger charge is -2.14. The molecule has 0 aliphatic rings. The molecule has 0 aliphatic carbocycles. The van der Waals surface area contributed by atoms with Crippen LogP contribution in [0.2, 0.25) is 0 Å². The number of aromatic nitrogens is 3. The average Bonchev–Trinajstić information content (AvgIpc) is 3.23. The van der Waals surface area contributed by atoms with Crippen LogP contribution >= 0.6 is 0 Å². The molecule has 6 nitrogen and oxygen atoms in total. The van der Waals surface area contributed by atoms with Crippen molar-refractivity contribution < 1.29 is 13.9 Å². The van der Waals surface area contributed by atoms with Gasteiger partial charge in [0.2, 0.25) is 0 Å². The fourth-order valence-corrected chi connectivity index (χ4v) is 3.27. The third-order valence-corrected chi connectivity index (χ3v) is 4.98. The van der Waals surface area contributed by atoms with Gasteiger partial charge in [-0.2, -0.15) is 0 Å². The van der Waals surface area contributed by atoms with E-state index in [4.69, 9.17) is 4.74 Å². The number of benzene rings is 3. The maximum atomic E-state index is 13.8. The molecule has 0 fully saturated rings. The summed E-state index contributed by atoms with van der Waals surface area (Å²) in [6, 6.07) is 18.1. The number of nitrogens with one attached hydrogen (secondary N) is 1. The predicted octanol–water partition coefficient (Wildman–Crippen LogP) is 4.12. The van der Waals surface area contributed by atoms with Crippen LogP contribution in [0.4, 0.5) is 4.39 Å². The smallest absolute Gasteiger partial charge is 0.273 e. The van der Waals surface area contributed by atoms with Crippen molar-refractivity contribution in [2.45, 2.75) is 19.5 Å². The SMILES string of the molecule is COc1ccc2cc([C@@H](C)NC(=O)c3cn(Cc4ccccc4F)nn3)ccc2c1. The van der Waals surface area contributed by atoms with Crippen molar-refractivity contribution in [2.75, 3.05) is 7.11 Å². The molecule has 0 unspecified atom stereocenters. The number of rotatable bonds is 6. The molecule has 1 N–H and O–H groups in total. The van der Waals surface area contributed by atoms with Crippen LogP contribution in [0.5, 0.6) is 5.75 Å². The highest BCUT2D eigenvalue weighted by molar-refractivity contribution is 5.92. The van der Waals surface area contributed by atoms with Crippen molar-refractivity contribution in [3.05, 3.63) is 89.5 Å². The minimum absolute atomic E-state index is 0.184. The summed E-state index contributed by atoms with van der Waals surface area (Å²) in [6.45, 7) is 2.11. The summed E-state index contributed by atoms with van der Waals surface area (Å²) in [6.07, 6.45) is 1.52. The molecule has 152 valence electrons. The van der Waals surface area contributed by atoms with Crippen LogP contribution < -0.4 is 10.1 Å². The van der Waals surface area contributed by atoms with Crippen molar-refractivity contribution >= 4 is 16.7 Å². The van der Waals surface area contributed by atoms with Gasteiger partial charge in [-0.1, -0.05) is 41.6 Å². The molecule has 0 radical (unpaired) electrons. The summed E-state index contributed by atoms with van der Waals surface area (Å²) in [7, 11) is 1.64. The number of methoxy groups -OCH3 is 1. The Bertz CT molecular complexity index is 1200. The number of fused-ring (bicyclic) bond motifs is 1. The van der Waals surface area contributed by atoms with Crippen LogP contribution in [0.3, 0.4) is 0 Å². The number of carbonyl (C=O) groups is 1. The first-order valence-electron chi connectivity index (χ1n) is 9.55. The van der Waals surface area contributed by atoms with Gasteiger partial charge in [0.1, 0.15) is 11.6 Å². The van der Waals surface area contributed by atoms with Gasteiger partial charge in [-0.25, -0.2) is 9.07 Å². The second kappa shape index (κ2) is 8.32. The largest absolute Gasteiger partial charge is 0.497 e. The zero-order valence-corrected chi connectivity index (χ0v) is 16.7. The van der Waals surface area contributed by atoms with E-state index in [-0.39, 0.29) is 30.0 Å². The Morgan fingerprint density at radius 2 is 1.90 bits per heavy atom. The zero-order chi connectivity index (χ0) is 21.1. The molecule has 1 heterocycles. The van der Waals surface area contributed by atoms with E-state index in [1.54, 1.807) is 25.3 Å². The molecular weight excluding hydrogens is 383 g/mol. The van der Waals surface area contributed by atoms with Crippen LogP contribution in [0.25, 0.3) is 10.8 Å². The molecule has 0 spiro atoms. The Morgan fingerprint density at radius 1 is 1.13 bits per heavy atom. The number of amides is 1. The standard InChI is InChI=1S/C23H21FN4O2/c1-15(16-7-8-18-12-20(30-2)10-9-17(18)11-16)25-23(29)22-14-28(27-26-22)13-19-5-3-4-6-21(19)24/h3-12,14-15H,13H2,1-2H3,(H,25,29)/t15-/m1/s1. The Labute approximate surface area is 173 Å². The van der Waals surface area contributed by atoms with E-state index < -0.39 is 0 Å². The number of nitrogens with zero attached hydrogens (tertiary/aromatic N) is 3. The van der Waals surface area contributed by atoms with Gasteiger partial charge in [0.05, 0.1) is 25.9 Å². The van der Waals surface area contributed by atoms with Gasteiger partial charge in [-0.15, -0.1) is 5.10 Å². The van der Waals surface area contributed by atoms with Crippen LogP contribution in [-0.4, -0.2) is 28.0 Å². The van der Waals surface area contributed by atoms with E-state index >= 15 is 0 Å². The van der Waals surface area contributed by atoms with Gasteiger partial charge in [0.25, 0.3) is 5.91 Å². The number of hydrogen-bond donors (Lipinski definition) is 1. The Kier molecular flexibility index (Phi) is 5.43. The normalized spacial score (nSPS) is 12.0.